The van der Waals surface area contributed by atoms with Gasteiger partial charge in [-0.1, -0.05) is 30.3 Å². The molecular formula is C17H15F3O3. The van der Waals surface area contributed by atoms with Gasteiger partial charge in [0.05, 0.1) is 12.0 Å². The molecular weight excluding hydrogens is 309 g/mol. The van der Waals surface area contributed by atoms with E-state index in [-0.39, 0.29) is 12.0 Å². The van der Waals surface area contributed by atoms with Gasteiger partial charge in [-0.05, 0) is 30.7 Å². The largest absolute Gasteiger partial charge is 0.486 e. The Morgan fingerprint density at radius 3 is 2.30 bits per heavy atom. The molecule has 0 amide bonds. The average Bonchev–Trinajstić information content (AvgIpc) is 2.48. The van der Waals surface area contributed by atoms with Crippen LogP contribution < -0.4 is 4.74 Å². The highest BCUT2D eigenvalue weighted by atomic mass is 19.4. The highest BCUT2D eigenvalue weighted by molar-refractivity contribution is 5.70. The van der Waals surface area contributed by atoms with Crippen molar-refractivity contribution in [3.8, 4) is 5.75 Å². The predicted molar refractivity (Wildman–Crippen MR) is 78.3 cm³/mol. The van der Waals surface area contributed by atoms with E-state index in [0.717, 1.165) is 6.07 Å². The minimum Gasteiger partial charge on any atom is -0.486 e. The van der Waals surface area contributed by atoms with E-state index in [1.54, 1.807) is 24.3 Å². The summed E-state index contributed by atoms with van der Waals surface area (Å²) in [6.45, 7) is 1.54. The summed E-state index contributed by atoms with van der Waals surface area (Å²) in [5, 5.41) is 8.70. The van der Waals surface area contributed by atoms with E-state index < -0.39 is 23.8 Å². The Hall–Kier alpha value is -2.50. The lowest BCUT2D eigenvalue weighted by Crippen LogP contribution is -2.13. The van der Waals surface area contributed by atoms with Crippen LogP contribution >= 0.6 is 0 Å². The van der Waals surface area contributed by atoms with Crippen LogP contribution in [0.25, 0.3) is 0 Å². The molecule has 1 N–H and O–H groups in total. The third-order valence-electron chi connectivity index (χ3n) is 3.30. The molecule has 0 spiro atoms. The third-order valence-corrected chi connectivity index (χ3v) is 3.30. The fourth-order valence-corrected chi connectivity index (χ4v) is 2.24. The maximum absolute atomic E-state index is 13.0. The summed E-state index contributed by atoms with van der Waals surface area (Å²) in [7, 11) is 0. The van der Waals surface area contributed by atoms with Gasteiger partial charge < -0.3 is 9.84 Å². The topological polar surface area (TPSA) is 46.5 Å². The molecule has 0 saturated carbocycles. The molecule has 1 atom stereocenters. The Labute approximate surface area is 131 Å². The first-order valence-electron chi connectivity index (χ1n) is 6.91. The molecule has 2 aromatic carbocycles. The summed E-state index contributed by atoms with van der Waals surface area (Å²) < 4.78 is 44.6. The molecule has 122 valence electrons. The van der Waals surface area contributed by atoms with E-state index in [0.29, 0.717) is 11.3 Å². The van der Waals surface area contributed by atoms with Crippen molar-refractivity contribution in [2.75, 3.05) is 0 Å². The molecule has 0 saturated heterocycles. The maximum atomic E-state index is 13.0. The van der Waals surface area contributed by atoms with Gasteiger partial charge in [-0.15, -0.1) is 0 Å². The first-order valence-corrected chi connectivity index (χ1v) is 6.91. The SMILES string of the molecule is CC(Oc1ccc(CC(=O)O)cc1)c1ccccc1C(F)(F)F. The highest BCUT2D eigenvalue weighted by Crippen LogP contribution is 2.35. The summed E-state index contributed by atoms with van der Waals surface area (Å²) in [5.74, 6) is -0.574. The predicted octanol–water partition coefficient (Wildman–Crippen LogP) is 4.47. The number of halogens is 3. The van der Waals surface area contributed by atoms with Crippen molar-refractivity contribution in [2.45, 2.75) is 25.6 Å². The van der Waals surface area contributed by atoms with Gasteiger partial charge in [-0.25, -0.2) is 0 Å². The van der Waals surface area contributed by atoms with Crippen molar-refractivity contribution >= 4 is 5.97 Å². The lowest BCUT2D eigenvalue weighted by Gasteiger charge is -2.19. The molecule has 0 aromatic heterocycles. The van der Waals surface area contributed by atoms with E-state index in [1.807, 2.05) is 0 Å². The molecule has 2 rings (SSSR count). The Balaban J connectivity index is 2.16. The van der Waals surface area contributed by atoms with Gasteiger partial charge in [0.25, 0.3) is 0 Å². The number of carboxylic acid groups (broad SMARTS) is 1. The number of benzene rings is 2. The molecule has 0 aliphatic carbocycles. The number of ether oxygens (including phenoxy) is 1. The van der Waals surface area contributed by atoms with Gasteiger partial charge in [-0.2, -0.15) is 13.2 Å². The minimum absolute atomic E-state index is 0.0506. The Morgan fingerprint density at radius 2 is 1.74 bits per heavy atom. The fraction of sp³-hybridized carbons (Fsp3) is 0.235. The van der Waals surface area contributed by atoms with Crippen LogP contribution in [-0.4, -0.2) is 11.1 Å². The zero-order valence-electron chi connectivity index (χ0n) is 12.3. The van der Waals surface area contributed by atoms with Crippen LogP contribution in [0.1, 0.15) is 29.7 Å². The highest BCUT2D eigenvalue weighted by Gasteiger charge is 2.34. The molecule has 6 heteroatoms. The van der Waals surface area contributed by atoms with E-state index in [2.05, 4.69) is 0 Å². The zero-order chi connectivity index (χ0) is 17.0. The minimum atomic E-state index is -4.44. The van der Waals surface area contributed by atoms with Crippen molar-refractivity contribution in [3.63, 3.8) is 0 Å². The lowest BCUT2D eigenvalue weighted by atomic mass is 10.0. The summed E-state index contributed by atoms with van der Waals surface area (Å²) in [4.78, 5) is 10.6. The van der Waals surface area contributed by atoms with Crippen molar-refractivity contribution in [1.29, 1.82) is 0 Å². The summed E-state index contributed by atoms with van der Waals surface area (Å²) in [6.07, 6.45) is -5.36. The molecule has 3 nitrogen and oxygen atoms in total. The number of carbonyl (C=O) groups is 1. The van der Waals surface area contributed by atoms with E-state index >= 15 is 0 Å². The normalized spacial score (nSPS) is 12.7. The van der Waals surface area contributed by atoms with Crippen LogP contribution in [-0.2, 0) is 17.4 Å². The van der Waals surface area contributed by atoms with Gasteiger partial charge in [0.2, 0.25) is 0 Å². The number of rotatable bonds is 5. The molecule has 23 heavy (non-hydrogen) atoms. The van der Waals surface area contributed by atoms with Crippen LogP contribution in [0.5, 0.6) is 5.75 Å². The number of hydrogen-bond donors (Lipinski definition) is 1. The van der Waals surface area contributed by atoms with Crippen LogP contribution in [0.2, 0.25) is 0 Å². The second-order valence-electron chi connectivity index (χ2n) is 5.06. The summed E-state index contributed by atoms with van der Waals surface area (Å²) in [5.41, 5.74) is -0.0854. The Kier molecular flexibility index (Phi) is 4.93. The molecule has 2 aromatic rings. The average molecular weight is 324 g/mol. The standard InChI is InChI=1S/C17H15F3O3/c1-11(14-4-2-3-5-15(14)17(18,19)20)23-13-8-6-12(7-9-13)10-16(21)22/h2-9,11H,10H2,1H3,(H,21,22). The van der Waals surface area contributed by atoms with Gasteiger partial charge in [0, 0.05) is 5.56 Å². The molecule has 0 bridgehead atoms. The molecule has 0 fully saturated rings. The van der Waals surface area contributed by atoms with Crippen LogP contribution in [0.4, 0.5) is 13.2 Å². The molecule has 0 aliphatic rings. The Morgan fingerprint density at radius 1 is 1.13 bits per heavy atom. The van der Waals surface area contributed by atoms with E-state index in [9.17, 15) is 18.0 Å². The lowest BCUT2D eigenvalue weighted by molar-refractivity contribution is -0.139. The molecule has 1 unspecified atom stereocenters. The van der Waals surface area contributed by atoms with Crippen LogP contribution in [0.15, 0.2) is 48.5 Å². The third kappa shape index (κ3) is 4.48. The van der Waals surface area contributed by atoms with E-state index in [1.165, 1.54) is 25.1 Å². The van der Waals surface area contributed by atoms with Gasteiger partial charge in [0.15, 0.2) is 0 Å². The van der Waals surface area contributed by atoms with Crippen molar-refractivity contribution in [1.82, 2.24) is 0 Å². The van der Waals surface area contributed by atoms with Gasteiger partial charge in [0.1, 0.15) is 11.9 Å². The zero-order valence-corrected chi connectivity index (χ0v) is 12.3. The number of hydrogen-bond acceptors (Lipinski definition) is 2. The first-order chi connectivity index (χ1) is 10.8. The number of alkyl halides is 3. The Bertz CT molecular complexity index is 678. The van der Waals surface area contributed by atoms with Gasteiger partial charge >= 0.3 is 12.1 Å². The first kappa shape index (κ1) is 16.9. The van der Waals surface area contributed by atoms with Crippen LogP contribution in [0, 0.1) is 0 Å². The van der Waals surface area contributed by atoms with Crippen LogP contribution in [0.3, 0.4) is 0 Å². The molecule has 0 radical (unpaired) electrons. The second kappa shape index (κ2) is 6.73. The summed E-state index contributed by atoms with van der Waals surface area (Å²) in [6, 6.07) is 11.5. The monoisotopic (exact) mass is 324 g/mol. The van der Waals surface area contributed by atoms with Crippen molar-refractivity contribution in [3.05, 3.63) is 65.2 Å². The summed E-state index contributed by atoms with van der Waals surface area (Å²) >= 11 is 0. The molecule has 0 heterocycles. The second-order valence-corrected chi connectivity index (χ2v) is 5.06. The molecule has 0 aliphatic heterocycles. The fourth-order valence-electron chi connectivity index (χ4n) is 2.24. The van der Waals surface area contributed by atoms with E-state index in [4.69, 9.17) is 9.84 Å². The maximum Gasteiger partial charge on any atom is 0.416 e. The van der Waals surface area contributed by atoms with Crippen molar-refractivity contribution < 1.29 is 27.8 Å². The smallest absolute Gasteiger partial charge is 0.416 e. The van der Waals surface area contributed by atoms with Crippen molar-refractivity contribution in [2.24, 2.45) is 0 Å². The number of aliphatic carboxylic acids is 1. The quantitative estimate of drug-likeness (QED) is 0.882. The number of carboxylic acids is 1. The van der Waals surface area contributed by atoms with Gasteiger partial charge in [-0.3, -0.25) is 4.79 Å².